The largest absolute Gasteiger partial charge is 0.348 e. The lowest BCUT2D eigenvalue weighted by atomic mass is 9.88. The maximum atomic E-state index is 14.5. The Bertz CT molecular complexity index is 696. The van der Waals surface area contributed by atoms with Crippen molar-refractivity contribution >= 4 is 22.6 Å². The van der Waals surface area contributed by atoms with Gasteiger partial charge in [-0.05, 0) is 34.2 Å². The average molecular weight is 378 g/mol. The minimum atomic E-state index is -0.173. The molecule has 0 bridgehead atoms. The predicted molar refractivity (Wildman–Crippen MR) is 85.1 cm³/mol. The van der Waals surface area contributed by atoms with Gasteiger partial charge in [-0.3, -0.25) is 0 Å². The summed E-state index contributed by atoms with van der Waals surface area (Å²) in [7, 11) is 0. The Kier molecular flexibility index (Phi) is 3.82. The molecule has 1 heterocycles. The fourth-order valence-electron chi connectivity index (χ4n) is 2.34. The summed E-state index contributed by atoms with van der Waals surface area (Å²) in [5, 5.41) is 0. The molecule has 0 spiro atoms. The molecular weight excluding hydrogens is 366 g/mol. The highest BCUT2D eigenvalue weighted by Crippen LogP contribution is 2.33. The lowest BCUT2D eigenvalue weighted by Gasteiger charge is -2.17. The minimum Gasteiger partial charge on any atom is -0.348 e. The highest BCUT2D eigenvalue weighted by molar-refractivity contribution is 14.1. The minimum absolute atomic E-state index is 0.170. The Balaban J connectivity index is 2.19. The van der Waals surface area contributed by atoms with E-state index < -0.39 is 0 Å². The van der Waals surface area contributed by atoms with E-state index in [-0.39, 0.29) is 11.7 Å². The second-order valence-corrected chi connectivity index (χ2v) is 5.66. The molecule has 0 saturated carbocycles. The van der Waals surface area contributed by atoms with E-state index in [9.17, 15) is 4.39 Å². The number of rotatable bonds is 3. The van der Waals surface area contributed by atoms with Crippen LogP contribution in [0.2, 0.25) is 0 Å². The molecule has 4 heteroatoms. The third-order valence-electron chi connectivity index (χ3n) is 3.26. The molecule has 0 aliphatic rings. The van der Waals surface area contributed by atoms with Crippen LogP contribution in [0.5, 0.6) is 0 Å². The number of nitrogens with zero attached hydrogens (tertiary/aromatic N) is 1. The first kappa shape index (κ1) is 13.3. The van der Waals surface area contributed by atoms with Crippen LogP contribution >= 0.6 is 22.6 Å². The number of halogens is 2. The van der Waals surface area contributed by atoms with Crippen molar-refractivity contribution in [1.82, 2.24) is 9.97 Å². The van der Waals surface area contributed by atoms with E-state index in [1.165, 1.54) is 0 Å². The number of hydrogen-bond donors (Lipinski definition) is 1. The SMILES string of the molecule is Fc1c(I)cccc1C(c1ccccc1)c1cnc[nH]1. The number of H-pyrrole nitrogens is 1. The summed E-state index contributed by atoms with van der Waals surface area (Å²) >= 11 is 2.02. The first-order chi connectivity index (χ1) is 9.77. The molecule has 0 aliphatic carbocycles. The number of hydrogen-bond acceptors (Lipinski definition) is 1. The zero-order chi connectivity index (χ0) is 13.9. The topological polar surface area (TPSA) is 28.7 Å². The Morgan fingerprint density at radius 1 is 1.05 bits per heavy atom. The van der Waals surface area contributed by atoms with Crippen molar-refractivity contribution in [2.45, 2.75) is 5.92 Å². The Morgan fingerprint density at radius 3 is 2.55 bits per heavy atom. The second-order valence-electron chi connectivity index (χ2n) is 4.49. The van der Waals surface area contributed by atoms with Gasteiger partial charge in [0.05, 0.1) is 12.2 Å². The molecule has 0 saturated heterocycles. The molecule has 1 atom stereocenters. The van der Waals surface area contributed by atoms with E-state index in [0.29, 0.717) is 9.13 Å². The van der Waals surface area contributed by atoms with Gasteiger partial charge in [0, 0.05) is 21.0 Å². The van der Waals surface area contributed by atoms with E-state index >= 15 is 0 Å². The number of benzene rings is 2. The molecule has 3 aromatic rings. The van der Waals surface area contributed by atoms with E-state index in [1.54, 1.807) is 18.6 Å². The molecule has 0 fully saturated rings. The van der Waals surface area contributed by atoms with E-state index in [4.69, 9.17) is 0 Å². The van der Waals surface area contributed by atoms with Crippen LogP contribution in [-0.4, -0.2) is 9.97 Å². The Morgan fingerprint density at radius 2 is 1.85 bits per heavy atom. The summed E-state index contributed by atoms with van der Waals surface area (Å²) in [6.45, 7) is 0. The quantitative estimate of drug-likeness (QED) is 0.676. The van der Waals surface area contributed by atoms with Gasteiger partial charge in [-0.25, -0.2) is 9.37 Å². The lowest BCUT2D eigenvalue weighted by molar-refractivity contribution is 0.598. The number of imidazole rings is 1. The van der Waals surface area contributed by atoms with Crippen LogP contribution in [-0.2, 0) is 0 Å². The molecule has 20 heavy (non-hydrogen) atoms. The van der Waals surface area contributed by atoms with E-state index in [2.05, 4.69) is 9.97 Å². The highest BCUT2D eigenvalue weighted by Gasteiger charge is 2.22. The van der Waals surface area contributed by atoms with Crippen molar-refractivity contribution in [3.63, 3.8) is 0 Å². The van der Waals surface area contributed by atoms with Crippen LogP contribution in [0.3, 0.4) is 0 Å². The summed E-state index contributed by atoms with van der Waals surface area (Å²) in [5.41, 5.74) is 2.59. The first-order valence-electron chi connectivity index (χ1n) is 6.24. The van der Waals surface area contributed by atoms with E-state index in [0.717, 1.165) is 11.3 Å². The molecule has 0 radical (unpaired) electrons. The smallest absolute Gasteiger partial charge is 0.140 e. The van der Waals surface area contributed by atoms with E-state index in [1.807, 2.05) is 65.1 Å². The monoisotopic (exact) mass is 378 g/mol. The lowest BCUT2D eigenvalue weighted by Crippen LogP contribution is -2.07. The van der Waals surface area contributed by atoms with Gasteiger partial charge < -0.3 is 4.98 Å². The van der Waals surface area contributed by atoms with Gasteiger partial charge >= 0.3 is 0 Å². The fraction of sp³-hybridized carbons (Fsp3) is 0.0625. The van der Waals surface area contributed by atoms with Crippen LogP contribution in [0.4, 0.5) is 4.39 Å². The average Bonchev–Trinajstić information content (AvgIpc) is 2.99. The van der Waals surface area contributed by atoms with Crippen LogP contribution in [0, 0.1) is 9.39 Å². The summed E-state index contributed by atoms with van der Waals surface area (Å²) in [6, 6.07) is 15.4. The maximum Gasteiger partial charge on any atom is 0.140 e. The number of nitrogens with one attached hydrogen (secondary N) is 1. The van der Waals surface area contributed by atoms with Crippen molar-refractivity contribution in [3.8, 4) is 0 Å². The summed E-state index contributed by atoms with van der Waals surface area (Å²) < 4.78 is 15.1. The molecule has 1 N–H and O–H groups in total. The third-order valence-corrected chi connectivity index (χ3v) is 4.09. The highest BCUT2D eigenvalue weighted by atomic mass is 127. The number of aromatic nitrogens is 2. The van der Waals surface area contributed by atoms with Crippen molar-refractivity contribution in [2.24, 2.45) is 0 Å². The molecule has 0 aliphatic heterocycles. The summed E-state index contributed by atoms with van der Waals surface area (Å²) in [4.78, 5) is 7.17. The molecular formula is C16H12FIN2. The van der Waals surface area contributed by atoms with Gasteiger partial charge in [0.25, 0.3) is 0 Å². The van der Waals surface area contributed by atoms with Gasteiger partial charge in [0.2, 0.25) is 0 Å². The summed E-state index contributed by atoms with van der Waals surface area (Å²) in [5.74, 6) is -0.343. The van der Waals surface area contributed by atoms with Crippen molar-refractivity contribution in [3.05, 3.63) is 87.3 Å². The molecule has 1 aromatic heterocycles. The standard InChI is InChI=1S/C16H12FIN2/c17-16-12(7-4-8-13(16)18)15(14-9-19-10-20-14)11-5-2-1-3-6-11/h1-10,15H,(H,19,20). The third kappa shape index (κ3) is 2.47. The van der Waals surface area contributed by atoms with Gasteiger partial charge in [-0.2, -0.15) is 0 Å². The Labute approximate surface area is 130 Å². The molecule has 2 nitrogen and oxygen atoms in total. The van der Waals surface area contributed by atoms with Crippen molar-refractivity contribution in [2.75, 3.05) is 0 Å². The maximum absolute atomic E-state index is 14.5. The van der Waals surface area contributed by atoms with Crippen LogP contribution in [0.15, 0.2) is 61.1 Å². The van der Waals surface area contributed by atoms with Crippen LogP contribution in [0.25, 0.3) is 0 Å². The van der Waals surface area contributed by atoms with Gasteiger partial charge in [-0.1, -0.05) is 42.5 Å². The molecule has 3 rings (SSSR count). The molecule has 2 aromatic carbocycles. The first-order valence-corrected chi connectivity index (χ1v) is 7.32. The molecule has 0 amide bonds. The van der Waals surface area contributed by atoms with Gasteiger partial charge in [0.1, 0.15) is 5.82 Å². The van der Waals surface area contributed by atoms with Gasteiger partial charge in [-0.15, -0.1) is 0 Å². The van der Waals surface area contributed by atoms with Crippen LogP contribution < -0.4 is 0 Å². The molecule has 100 valence electrons. The van der Waals surface area contributed by atoms with Gasteiger partial charge in [0.15, 0.2) is 0 Å². The zero-order valence-corrected chi connectivity index (χ0v) is 12.7. The van der Waals surface area contributed by atoms with Crippen LogP contribution in [0.1, 0.15) is 22.7 Å². The molecule has 1 unspecified atom stereocenters. The van der Waals surface area contributed by atoms with Crippen molar-refractivity contribution in [1.29, 1.82) is 0 Å². The Hall–Kier alpha value is -1.69. The number of aromatic amines is 1. The van der Waals surface area contributed by atoms with Crippen molar-refractivity contribution < 1.29 is 4.39 Å². The predicted octanol–water partition coefficient (Wildman–Crippen LogP) is 4.33. The second kappa shape index (κ2) is 5.75. The zero-order valence-electron chi connectivity index (χ0n) is 10.6. The summed E-state index contributed by atoms with van der Waals surface area (Å²) in [6.07, 6.45) is 3.37. The fourth-order valence-corrected chi connectivity index (χ4v) is 2.86. The normalized spacial score (nSPS) is 12.3.